The third-order valence-electron chi connectivity index (χ3n) is 3.29. The number of carbonyl (C=O) groups is 1. The summed E-state index contributed by atoms with van der Waals surface area (Å²) in [7, 11) is 1.53. The molecule has 0 saturated heterocycles. The molecule has 24 heavy (non-hydrogen) atoms. The summed E-state index contributed by atoms with van der Waals surface area (Å²) in [6, 6.07) is 10.2. The van der Waals surface area contributed by atoms with Gasteiger partial charge in [0.2, 0.25) is 5.91 Å². The average Bonchev–Trinajstić information content (AvgIpc) is 2.55. The largest absolute Gasteiger partial charge is 0.495 e. The van der Waals surface area contributed by atoms with Crippen LogP contribution in [0.3, 0.4) is 0 Å². The van der Waals surface area contributed by atoms with E-state index in [4.69, 9.17) is 33.2 Å². The highest BCUT2D eigenvalue weighted by Crippen LogP contribution is 2.30. The predicted molar refractivity (Wildman–Crippen MR) is 96.0 cm³/mol. The van der Waals surface area contributed by atoms with Gasteiger partial charge in [-0.3, -0.25) is 4.79 Å². The minimum Gasteiger partial charge on any atom is -0.495 e. The van der Waals surface area contributed by atoms with E-state index < -0.39 is 0 Å². The fourth-order valence-electron chi connectivity index (χ4n) is 2.03. The average molecular weight is 364 g/mol. The van der Waals surface area contributed by atoms with E-state index in [1.54, 1.807) is 18.2 Å². The van der Waals surface area contributed by atoms with E-state index in [9.17, 15) is 4.79 Å². The lowest BCUT2D eigenvalue weighted by Gasteiger charge is -2.13. The van der Waals surface area contributed by atoms with Gasteiger partial charge >= 0.3 is 0 Å². The number of amides is 1. The molecule has 124 valence electrons. The maximum atomic E-state index is 12.1. The van der Waals surface area contributed by atoms with Crippen molar-refractivity contribution in [1.29, 1.82) is 5.26 Å². The summed E-state index contributed by atoms with van der Waals surface area (Å²) >= 11 is 12.0. The van der Waals surface area contributed by atoms with Gasteiger partial charge in [0.25, 0.3) is 0 Å². The van der Waals surface area contributed by atoms with Crippen molar-refractivity contribution in [3.8, 4) is 11.8 Å². The van der Waals surface area contributed by atoms with Crippen LogP contribution in [0.25, 0.3) is 0 Å². The summed E-state index contributed by atoms with van der Waals surface area (Å²) in [5.74, 6) is 0.297. The number of hydrogen-bond acceptors (Lipinski definition) is 4. The van der Waals surface area contributed by atoms with Gasteiger partial charge in [-0.1, -0.05) is 23.2 Å². The van der Waals surface area contributed by atoms with Crippen molar-refractivity contribution in [1.82, 2.24) is 0 Å². The second-order valence-corrected chi connectivity index (χ2v) is 5.82. The first kappa shape index (κ1) is 17.9. The SMILES string of the molecule is COc1cc(Cl)c(C)cc1NCC(=O)Nc1ccc(C#N)c(Cl)c1. The van der Waals surface area contributed by atoms with Crippen LogP contribution in [0.15, 0.2) is 30.3 Å². The quantitative estimate of drug-likeness (QED) is 0.833. The number of anilines is 2. The Balaban J connectivity index is 2.02. The second kappa shape index (κ2) is 7.91. The molecule has 0 aliphatic rings. The minimum atomic E-state index is -0.259. The highest BCUT2D eigenvalue weighted by molar-refractivity contribution is 6.32. The summed E-state index contributed by atoms with van der Waals surface area (Å²) in [5, 5.41) is 15.4. The Morgan fingerprint density at radius 2 is 2.00 bits per heavy atom. The van der Waals surface area contributed by atoms with Crippen molar-refractivity contribution < 1.29 is 9.53 Å². The van der Waals surface area contributed by atoms with Crippen molar-refractivity contribution >= 4 is 40.5 Å². The van der Waals surface area contributed by atoms with Gasteiger partial charge in [-0.05, 0) is 36.8 Å². The van der Waals surface area contributed by atoms with Crippen molar-refractivity contribution in [3.05, 3.63) is 51.5 Å². The highest BCUT2D eigenvalue weighted by atomic mass is 35.5. The molecule has 0 radical (unpaired) electrons. The first-order chi connectivity index (χ1) is 11.4. The van der Waals surface area contributed by atoms with Gasteiger partial charge in [-0.2, -0.15) is 5.26 Å². The van der Waals surface area contributed by atoms with E-state index in [0.29, 0.717) is 32.7 Å². The molecule has 0 aromatic heterocycles. The lowest BCUT2D eigenvalue weighted by atomic mass is 10.2. The van der Waals surface area contributed by atoms with Crippen molar-refractivity contribution in [2.45, 2.75) is 6.92 Å². The third kappa shape index (κ3) is 4.31. The normalized spacial score (nSPS) is 9.96. The zero-order chi connectivity index (χ0) is 17.7. The van der Waals surface area contributed by atoms with Crippen molar-refractivity contribution in [2.75, 3.05) is 24.3 Å². The monoisotopic (exact) mass is 363 g/mol. The zero-order valence-electron chi connectivity index (χ0n) is 13.1. The Morgan fingerprint density at radius 3 is 2.62 bits per heavy atom. The standard InChI is InChI=1S/C17H15Cl2N3O2/c1-10-5-15(16(24-2)7-13(10)18)21-9-17(23)22-12-4-3-11(8-20)14(19)6-12/h3-7,21H,9H2,1-2H3,(H,22,23). The topological polar surface area (TPSA) is 74.2 Å². The van der Waals surface area contributed by atoms with Gasteiger partial charge in [0, 0.05) is 16.8 Å². The zero-order valence-corrected chi connectivity index (χ0v) is 14.6. The number of aryl methyl sites for hydroxylation is 1. The van der Waals surface area contributed by atoms with Gasteiger partial charge in [0.05, 0.1) is 29.9 Å². The van der Waals surface area contributed by atoms with Crippen LogP contribution >= 0.6 is 23.2 Å². The fraction of sp³-hybridized carbons (Fsp3) is 0.176. The number of ether oxygens (including phenoxy) is 1. The van der Waals surface area contributed by atoms with Gasteiger partial charge in [-0.25, -0.2) is 0 Å². The number of nitrogens with zero attached hydrogens (tertiary/aromatic N) is 1. The van der Waals surface area contributed by atoms with Crippen LogP contribution in [0.2, 0.25) is 10.0 Å². The van der Waals surface area contributed by atoms with Crippen LogP contribution in [0.5, 0.6) is 5.75 Å². The lowest BCUT2D eigenvalue weighted by Crippen LogP contribution is -2.22. The molecule has 2 N–H and O–H groups in total. The van der Waals surface area contributed by atoms with Crippen LogP contribution in [0.1, 0.15) is 11.1 Å². The first-order valence-electron chi connectivity index (χ1n) is 7.02. The predicted octanol–water partition coefficient (Wildman–Crippen LogP) is 4.23. The van der Waals surface area contributed by atoms with Crippen LogP contribution < -0.4 is 15.4 Å². The molecule has 0 spiro atoms. The number of carbonyl (C=O) groups excluding carboxylic acids is 1. The van der Waals surface area contributed by atoms with Gasteiger partial charge in [0.1, 0.15) is 11.8 Å². The Hall–Kier alpha value is -2.42. The lowest BCUT2D eigenvalue weighted by molar-refractivity contribution is -0.114. The molecular formula is C17H15Cl2N3O2. The molecule has 5 nitrogen and oxygen atoms in total. The molecule has 2 aromatic carbocycles. The number of rotatable bonds is 5. The van der Waals surface area contributed by atoms with E-state index in [1.807, 2.05) is 19.1 Å². The van der Waals surface area contributed by atoms with Crippen LogP contribution in [0.4, 0.5) is 11.4 Å². The van der Waals surface area contributed by atoms with Gasteiger partial charge < -0.3 is 15.4 Å². The summed E-state index contributed by atoms with van der Waals surface area (Å²) < 4.78 is 5.25. The third-order valence-corrected chi connectivity index (χ3v) is 4.01. The molecule has 0 aliphatic carbocycles. The fourth-order valence-corrected chi connectivity index (χ4v) is 2.41. The number of hydrogen-bond donors (Lipinski definition) is 2. The number of nitrogens with one attached hydrogen (secondary N) is 2. The van der Waals surface area contributed by atoms with Crippen molar-refractivity contribution in [2.24, 2.45) is 0 Å². The maximum absolute atomic E-state index is 12.1. The highest BCUT2D eigenvalue weighted by Gasteiger charge is 2.09. The smallest absolute Gasteiger partial charge is 0.243 e. The van der Waals surface area contributed by atoms with E-state index in [2.05, 4.69) is 10.6 Å². The van der Waals surface area contributed by atoms with E-state index in [0.717, 1.165) is 5.56 Å². The molecule has 0 bridgehead atoms. The van der Waals surface area contributed by atoms with E-state index in [1.165, 1.54) is 13.2 Å². The van der Waals surface area contributed by atoms with Crippen LogP contribution in [0, 0.1) is 18.3 Å². The first-order valence-corrected chi connectivity index (χ1v) is 7.77. The maximum Gasteiger partial charge on any atom is 0.243 e. The number of halogens is 2. The molecular weight excluding hydrogens is 349 g/mol. The molecule has 7 heteroatoms. The number of methoxy groups -OCH3 is 1. The Kier molecular flexibility index (Phi) is 5.91. The molecule has 0 atom stereocenters. The molecule has 1 amide bonds. The van der Waals surface area contributed by atoms with Crippen molar-refractivity contribution in [3.63, 3.8) is 0 Å². The van der Waals surface area contributed by atoms with Gasteiger partial charge in [-0.15, -0.1) is 0 Å². The number of benzene rings is 2. The Morgan fingerprint density at radius 1 is 1.25 bits per heavy atom. The van der Waals surface area contributed by atoms with E-state index in [-0.39, 0.29) is 12.5 Å². The Bertz CT molecular complexity index is 816. The molecule has 0 saturated carbocycles. The van der Waals surface area contributed by atoms with Crippen LogP contribution in [-0.2, 0) is 4.79 Å². The van der Waals surface area contributed by atoms with Crippen LogP contribution in [-0.4, -0.2) is 19.6 Å². The van der Waals surface area contributed by atoms with E-state index >= 15 is 0 Å². The second-order valence-electron chi connectivity index (χ2n) is 5.01. The summed E-state index contributed by atoms with van der Waals surface area (Å²) in [4.78, 5) is 12.1. The summed E-state index contributed by atoms with van der Waals surface area (Å²) in [6.07, 6.45) is 0. The summed E-state index contributed by atoms with van der Waals surface area (Å²) in [5.41, 5.74) is 2.42. The number of nitriles is 1. The molecule has 0 aliphatic heterocycles. The summed E-state index contributed by atoms with van der Waals surface area (Å²) in [6.45, 7) is 1.90. The minimum absolute atomic E-state index is 0.0368. The Labute approximate surface area is 150 Å². The van der Waals surface area contributed by atoms with Gasteiger partial charge in [0.15, 0.2) is 0 Å². The molecule has 0 heterocycles. The molecule has 0 unspecified atom stereocenters. The molecule has 2 aromatic rings. The molecule has 0 fully saturated rings. The molecule has 2 rings (SSSR count).